The molecule has 5 heterocycles. The molecule has 2 aromatic heterocycles. The zero-order valence-electron chi connectivity index (χ0n) is 16.0. The first-order chi connectivity index (χ1) is 14.6. The molecule has 5 rings (SSSR count). The highest BCUT2D eigenvalue weighted by Gasteiger charge is 2.32. The van der Waals surface area contributed by atoms with Crippen molar-refractivity contribution >= 4 is 45.6 Å². The van der Waals surface area contributed by atoms with Crippen LogP contribution >= 0.6 is 11.6 Å². The van der Waals surface area contributed by atoms with E-state index in [0.717, 1.165) is 17.7 Å². The molecule has 1 unspecified atom stereocenters. The highest BCUT2D eigenvalue weighted by atomic mass is 35.5. The predicted molar refractivity (Wildman–Crippen MR) is 112 cm³/mol. The molecule has 1 N–H and O–H groups in total. The van der Waals surface area contributed by atoms with Gasteiger partial charge in [0, 0.05) is 37.7 Å². The van der Waals surface area contributed by atoms with E-state index in [1.807, 2.05) is 11.0 Å². The Labute approximate surface area is 180 Å². The normalized spacial score (nSPS) is 21.0. The lowest BCUT2D eigenvalue weighted by Gasteiger charge is -2.27. The van der Waals surface area contributed by atoms with Crippen LogP contribution in [-0.2, 0) is 26.8 Å². The zero-order valence-corrected chi connectivity index (χ0v) is 17.6. The van der Waals surface area contributed by atoms with E-state index in [-0.39, 0.29) is 11.8 Å². The predicted octanol–water partition coefficient (Wildman–Crippen LogP) is 1.46. The third-order valence-electron chi connectivity index (χ3n) is 5.33. The number of hydrogen-bond acceptors (Lipinski definition) is 8. The van der Waals surface area contributed by atoms with Crippen molar-refractivity contribution in [3.8, 4) is 0 Å². The Morgan fingerprint density at radius 2 is 2.03 bits per heavy atom. The summed E-state index contributed by atoms with van der Waals surface area (Å²) in [5.41, 5.74) is 1.79. The van der Waals surface area contributed by atoms with Crippen molar-refractivity contribution in [1.29, 1.82) is 0 Å². The Hall–Kier alpha value is -2.43. The monoisotopic (exact) mass is 446 g/mol. The summed E-state index contributed by atoms with van der Waals surface area (Å²) in [6.07, 6.45) is 6.56. The lowest BCUT2D eigenvalue weighted by Crippen LogP contribution is -2.39. The number of rotatable bonds is 4. The molecule has 0 bridgehead atoms. The van der Waals surface area contributed by atoms with Gasteiger partial charge in [-0.05, 0) is 12.0 Å². The molecule has 0 spiro atoms. The molecule has 1 atom stereocenters. The van der Waals surface area contributed by atoms with Gasteiger partial charge in [0.1, 0.15) is 4.90 Å². The summed E-state index contributed by atoms with van der Waals surface area (Å²) < 4.78 is 17.5. The van der Waals surface area contributed by atoms with Crippen LogP contribution < -0.4 is 10.2 Å². The fraction of sp³-hybridized carbons (Fsp3) is 0.421. The van der Waals surface area contributed by atoms with E-state index in [0.29, 0.717) is 66.0 Å². The molecule has 0 radical (unpaired) electrons. The van der Waals surface area contributed by atoms with E-state index in [9.17, 15) is 9.00 Å². The van der Waals surface area contributed by atoms with E-state index in [1.54, 1.807) is 12.4 Å². The summed E-state index contributed by atoms with van der Waals surface area (Å²) in [6.45, 7) is 2.08. The van der Waals surface area contributed by atoms with Crippen LogP contribution in [0.1, 0.15) is 17.9 Å². The molecule has 3 aliphatic heterocycles. The third-order valence-corrected chi connectivity index (χ3v) is 6.98. The molecule has 156 valence electrons. The van der Waals surface area contributed by atoms with Crippen molar-refractivity contribution in [2.45, 2.75) is 17.7 Å². The highest BCUT2D eigenvalue weighted by Crippen LogP contribution is 2.31. The number of hydrogen-bond donors (Lipinski definition) is 1. The Balaban J connectivity index is 1.39. The van der Waals surface area contributed by atoms with Gasteiger partial charge in [-0.15, -0.1) is 0 Å². The van der Waals surface area contributed by atoms with E-state index in [1.165, 1.54) is 0 Å². The Bertz CT molecular complexity index is 1060. The smallest absolute Gasteiger partial charge is 0.233 e. The quantitative estimate of drug-likeness (QED) is 0.751. The van der Waals surface area contributed by atoms with Gasteiger partial charge in [-0.3, -0.25) is 9.00 Å². The van der Waals surface area contributed by atoms with Crippen molar-refractivity contribution in [2.75, 3.05) is 42.3 Å². The van der Waals surface area contributed by atoms with Gasteiger partial charge in [0.05, 0.1) is 40.6 Å². The van der Waals surface area contributed by atoms with Crippen LogP contribution in [0.2, 0.25) is 5.02 Å². The van der Waals surface area contributed by atoms with Gasteiger partial charge in [0.15, 0.2) is 11.6 Å². The first-order valence-corrected chi connectivity index (χ1v) is 11.4. The van der Waals surface area contributed by atoms with E-state index in [2.05, 4.69) is 25.3 Å². The molecule has 3 aliphatic rings. The number of nitrogens with zero attached hydrogens (tertiary/aromatic N) is 5. The number of amides is 1. The second-order valence-corrected chi connectivity index (χ2v) is 9.27. The molecule has 0 aromatic carbocycles. The van der Waals surface area contributed by atoms with Crippen molar-refractivity contribution in [3.63, 3.8) is 0 Å². The maximum atomic E-state index is 12.4. The zero-order chi connectivity index (χ0) is 20.7. The standard InChI is InChI=1S/C19H19ClN6O3S/c20-13-7-21-16(22-8-13)11-1-4-26(5-2-11)19-23-14-3-6-30(28)15(14)17(25-19)24-18(27)12-9-29-10-12/h1,7-8,12H,2-6,9-10H2,(H,23,24,25,27). The molecule has 9 nitrogen and oxygen atoms in total. The van der Waals surface area contributed by atoms with Gasteiger partial charge >= 0.3 is 0 Å². The van der Waals surface area contributed by atoms with Crippen molar-refractivity contribution in [2.24, 2.45) is 5.92 Å². The van der Waals surface area contributed by atoms with Crippen LogP contribution in [-0.4, -0.2) is 62.1 Å². The molecule has 11 heteroatoms. The first kappa shape index (κ1) is 19.5. The summed E-state index contributed by atoms with van der Waals surface area (Å²) in [5.74, 6) is 1.71. The van der Waals surface area contributed by atoms with Crippen molar-refractivity contribution in [3.05, 3.63) is 35.0 Å². The minimum atomic E-state index is -1.20. The van der Waals surface area contributed by atoms with Crippen LogP contribution in [0, 0.1) is 5.92 Å². The lowest BCUT2D eigenvalue weighted by atomic mass is 10.1. The second-order valence-electron chi connectivity index (χ2n) is 7.32. The van der Waals surface area contributed by atoms with E-state index < -0.39 is 10.8 Å². The van der Waals surface area contributed by atoms with E-state index >= 15 is 0 Å². The fourth-order valence-electron chi connectivity index (χ4n) is 3.55. The molecule has 1 saturated heterocycles. The molecule has 2 aromatic rings. The van der Waals surface area contributed by atoms with Gasteiger partial charge in [-0.2, -0.15) is 4.98 Å². The number of anilines is 2. The lowest BCUT2D eigenvalue weighted by molar-refractivity contribution is -0.133. The molecule has 0 aliphatic carbocycles. The van der Waals surface area contributed by atoms with Crippen molar-refractivity contribution < 1.29 is 13.7 Å². The summed E-state index contributed by atoms with van der Waals surface area (Å²) in [6, 6.07) is 0. The number of ether oxygens (including phenoxy) is 1. The van der Waals surface area contributed by atoms with Gasteiger partial charge in [0.25, 0.3) is 0 Å². The van der Waals surface area contributed by atoms with Gasteiger partial charge in [-0.1, -0.05) is 17.7 Å². The van der Waals surface area contributed by atoms with Crippen LogP contribution in [0.4, 0.5) is 11.8 Å². The highest BCUT2D eigenvalue weighted by molar-refractivity contribution is 7.85. The number of halogens is 1. The average Bonchev–Trinajstić information content (AvgIpc) is 3.08. The number of nitrogens with one attached hydrogen (secondary N) is 1. The summed E-state index contributed by atoms with van der Waals surface area (Å²) in [5, 5.41) is 3.36. The van der Waals surface area contributed by atoms with Crippen LogP contribution in [0.5, 0.6) is 0 Å². The molecule has 1 fully saturated rings. The third kappa shape index (κ3) is 3.70. The number of fused-ring (bicyclic) bond motifs is 1. The first-order valence-electron chi connectivity index (χ1n) is 9.68. The maximum absolute atomic E-state index is 12.4. The Morgan fingerprint density at radius 3 is 2.70 bits per heavy atom. The van der Waals surface area contributed by atoms with Gasteiger partial charge in [0.2, 0.25) is 11.9 Å². The Morgan fingerprint density at radius 1 is 1.23 bits per heavy atom. The number of carbonyl (C=O) groups excluding carboxylic acids is 1. The molecule has 1 amide bonds. The fourth-order valence-corrected chi connectivity index (χ4v) is 4.95. The summed E-state index contributed by atoms with van der Waals surface area (Å²) >= 11 is 5.87. The minimum absolute atomic E-state index is 0.155. The van der Waals surface area contributed by atoms with E-state index in [4.69, 9.17) is 16.3 Å². The number of aromatic nitrogens is 4. The maximum Gasteiger partial charge on any atom is 0.233 e. The molecule has 30 heavy (non-hydrogen) atoms. The van der Waals surface area contributed by atoms with Crippen LogP contribution in [0.15, 0.2) is 23.4 Å². The van der Waals surface area contributed by atoms with Gasteiger partial charge < -0.3 is 15.0 Å². The largest absolute Gasteiger partial charge is 0.380 e. The Kier molecular flexibility index (Phi) is 5.21. The van der Waals surface area contributed by atoms with Gasteiger partial charge in [-0.25, -0.2) is 15.0 Å². The average molecular weight is 447 g/mol. The minimum Gasteiger partial charge on any atom is -0.380 e. The van der Waals surface area contributed by atoms with Crippen molar-refractivity contribution in [1.82, 2.24) is 19.9 Å². The SMILES string of the molecule is O=C(Nc1nc(N2CC=C(c3ncc(Cl)cn3)CC2)nc2c1S(=O)CC2)C1COC1. The second kappa shape index (κ2) is 8.01. The molecule has 0 saturated carbocycles. The molecular formula is C19H19ClN6O3S. The van der Waals surface area contributed by atoms with Crippen LogP contribution in [0.3, 0.4) is 0 Å². The number of carbonyl (C=O) groups is 1. The number of aryl methyl sites for hydroxylation is 1. The summed E-state index contributed by atoms with van der Waals surface area (Å²) in [4.78, 5) is 32.8. The van der Waals surface area contributed by atoms with Crippen LogP contribution in [0.25, 0.3) is 5.57 Å². The topological polar surface area (TPSA) is 110 Å². The molecular weight excluding hydrogens is 428 g/mol. The summed E-state index contributed by atoms with van der Waals surface area (Å²) in [7, 11) is -1.20.